The lowest BCUT2D eigenvalue weighted by atomic mass is 9.92. The smallest absolute Gasteiger partial charge is 0.217 e. The highest BCUT2D eigenvalue weighted by Crippen LogP contribution is 2.25. The molecule has 0 fully saturated rings. The lowest BCUT2D eigenvalue weighted by Gasteiger charge is -2.26. The Kier molecular flexibility index (Phi) is 3.02. The zero-order chi connectivity index (χ0) is 10.7. The Morgan fingerprint density at radius 2 is 2.27 bits per heavy atom. The van der Waals surface area contributed by atoms with Gasteiger partial charge in [0.15, 0.2) is 0 Å². The summed E-state index contributed by atoms with van der Waals surface area (Å²) in [6.07, 6.45) is 2.32. The summed E-state index contributed by atoms with van der Waals surface area (Å²) in [4.78, 5) is 10.7. The van der Waals surface area contributed by atoms with Crippen molar-refractivity contribution in [1.82, 2.24) is 5.32 Å². The number of carbonyl (C=O) groups excluding carboxylic acids is 1. The number of rotatable bonds is 3. The molecule has 0 aliphatic carbocycles. The first-order chi connectivity index (χ1) is 7.27. The molecule has 80 valence electrons. The number of benzene rings is 1. The quantitative estimate of drug-likeness (QED) is 0.775. The number of primary amides is 1. The van der Waals surface area contributed by atoms with E-state index in [1.165, 1.54) is 11.1 Å². The Morgan fingerprint density at radius 1 is 1.47 bits per heavy atom. The number of amides is 1. The Balaban J connectivity index is 2.11. The zero-order valence-corrected chi connectivity index (χ0v) is 8.70. The van der Waals surface area contributed by atoms with Crippen molar-refractivity contribution in [3.8, 4) is 0 Å². The molecule has 1 aliphatic rings. The average molecular weight is 204 g/mol. The van der Waals surface area contributed by atoms with Gasteiger partial charge in [-0.05, 0) is 30.5 Å². The van der Waals surface area contributed by atoms with Crippen LogP contribution in [0, 0.1) is 0 Å². The molecular weight excluding hydrogens is 188 g/mol. The zero-order valence-electron chi connectivity index (χ0n) is 8.70. The fourth-order valence-electron chi connectivity index (χ4n) is 2.14. The van der Waals surface area contributed by atoms with Gasteiger partial charge in [-0.15, -0.1) is 0 Å². The molecule has 1 atom stereocenters. The molecule has 3 nitrogen and oxygen atoms in total. The lowest BCUT2D eigenvalue weighted by Crippen LogP contribution is -2.30. The molecule has 0 aromatic heterocycles. The van der Waals surface area contributed by atoms with Crippen LogP contribution < -0.4 is 11.1 Å². The van der Waals surface area contributed by atoms with Crippen LogP contribution in [0.25, 0.3) is 0 Å². The fourth-order valence-corrected chi connectivity index (χ4v) is 2.14. The highest BCUT2D eigenvalue weighted by molar-refractivity contribution is 5.73. The normalized spacial score (nSPS) is 19.6. The van der Waals surface area contributed by atoms with Crippen molar-refractivity contribution < 1.29 is 4.79 Å². The molecule has 15 heavy (non-hydrogen) atoms. The number of hydrogen-bond acceptors (Lipinski definition) is 2. The summed E-state index contributed by atoms with van der Waals surface area (Å²) in [6, 6.07) is 8.70. The largest absolute Gasteiger partial charge is 0.370 e. The van der Waals surface area contributed by atoms with Crippen molar-refractivity contribution in [3.63, 3.8) is 0 Å². The summed E-state index contributed by atoms with van der Waals surface area (Å²) >= 11 is 0. The van der Waals surface area contributed by atoms with E-state index in [1.807, 2.05) is 6.07 Å². The van der Waals surface area contributed by atoms with Crippen LogP contribution in [0.15, 0.2) is 24.3 Å². The van der Waals surface area contributed by atoms with Crippen molar-refractivity contribution in [2.45, 2.75) is 25.3 Å². The van der Waals surface area contributed by atoms with Crippen LogP contribution in [0.3, 0.4) is 0 Å². The van der Waals surface area contributed by atoms with Crippen LogP contribution in [0.1, 0.15) is 30.0 Å². The Bertz CT molecular complexity index is 362. The minimum absolute atomic E-state index is 0.222. The minimum atomic E-state index is -0.222. The van der Waals surface area contributed by atoms with Gasteiger partial charge in [0.1, 0.15) is 0 Å². The van der Waals surface area contributed by atoms with E-state index < -0.39 is 0 Å². The fraction of sp³-hybridized carbons (Fsp3) is 0.417. The Labute approximate surface area is 89.7 Å². The van der Waals surface area contributed by atoms with Crippen LogP contribution >= 0.6 is 0 Å². The number of carbonyl (C=O) groups is 1. The van der Waals surface area contributed by atoms with Gasteiger partial charge in [-0.1, -0.05) is 24.3 Å². The molecule has 3 N–H and O–H groups in total. The molecule has 1 heterocycles. The van der Waals surface area contributed by atoms with E-state index in [0.717, 1.165) is 19.4 Å². The molecule has 1 aromatic rings. The van der Waals surface area contributed by atoms with Crippen molar-refractivity contribution in [2.75, 3.05) is 6.54 Å². The van der Waals surface area contributed by atoms with E-state index in [1.54, 1.807) is 0 Å². The predicted molar refractivity (Wildman–Crippen MR) is 59.3 cm³/mol. The van der Waals surface area contributed by atoms with Gasteiger partial charge in [0.2, 0.25) is 5.91 Å². The highest BCUT2D eigenvalue weighted by atomic mass is 16.1. The molecule has 3 heteroatoms. The second-order valence-electron chi connectivity index (χ2n) is 3.96. The topological polar surface area (TPSA) is 55.1 Å². The minimum Gasteiger partial charge on any atom is -0.370 e. The van der Waals surface area contributed by atoms with Gasteiger partial charge < -0.3 is 11.1 Å². The third-order valence-corrected chi connectivity index (χ3v) is 2.89. The summed E-state index contributed by atoms with van der Waals surface area (Å²) in [5.74, 6) is -0.222. The maximum Gasteiger partial charge on any atom is 0.217 e. The van der Waals surface area contributed by atoms with Gasteiger partial charge in [-0.2, -0.15) is 0 Å². The number of hydrogen-bond donors (Lipinski definition) is 2. The van der Waals surface area contributed by atoms with Gasteiger partial charge in [0.05, 0.1) is 0 Å². The maximum absolute atomic E-state index is 10.7. The van der Waals surface area contributed by atoms with E-state index >= 15 is 0 Å². The molecular formula is C12H16N2O. The summed E-state index contributed by atoms with van der Waals surface area (Å²) in [6.45, 7) is 0.987. The van der Waals surface area contributed by atoms with Crippen molar-refractivity contribution in [2.24, 2.45) is 5.73 Å². The van der Waals surface area contributed by atoms with E-state index in [4.69, 9.17) is 5.73 Å². The second kappa shape index (κ2) is 4.45. The van der Waals surface area contributed by atoms with Crippen LogP contribution in [-0.2, 0) is 11.2 Å². The second-order valence-corrected chi connectivity index (χ2v) is 3.96. The summed E-state index contributed by atoms with van der Waals surface area (Å²) in [5.41, 5.74) is 7.88. The van der Waals surface area contributed by atoms with Crippen molar-refractivity contribution >= 4 is 5.91 Å². The third kappa shape index (κ3) is 2.36. The first-order valence-electron chi connectivity index (χ1n) is 5.37. The number of fused-ring (bicyclic) bond motifs is 1. The third-order valence-electron chi connectivity index (χ3n) is 2.89. The van der Waals surface area contributed by atoms with E-state index in [-0.39, 0.29) is 5.91 Å². The van der Waals surface area contributed by atoms with Crippen LogP contribution in [-0.4, -0.2) is 12.5 Å². The SMILES string of the molecule is NC(=O)CC[C@@H]1NCCc2ccccc21. The van der Waals surface area contributed by atoms with Crippen LogP contribution in [0.5, 0.6) is 0 Å². The summed E-state index contributed by atoms with van der Waals surface area (Å²) in [5, 5.41) is 3.42. The maximum atomic E-state index is 10.7. The molecule has 0 bridgehead atoms. The first-order valence-corrected chi connectivity index (χ1v) is 5.37. The molecule has 0 saturated heterocycles. The molecule has 2 rings (SSSR count). The standard InChI is InChI=1S/C12H16N2O/c13-12(15)6-5-11-10-4-2-1-3-9(10)7-8-14-11/h1-4,11,14H,5-8H2,(H2,13,15)/t11-/m0/s1. The molecule has 1 aliphatic heterocycles. The van der Waals surface area contributed by atoms with Gasteiger partial charge >= 0.3 is 0 Å². The molecule has 0 unspecified atom stereocenters. The summed E-state index contributed by atoms with van der Waals surface area (Å²) < 4.78 is 0. The number of nitrogens with one attached hydrogen (secondary N) is 1. The molecule has 0 radical (unpaired) electrons. The molecule has 1 aromatic carbocycles. The average Bonchev–Trinajstić information content (AvgIpc) is 2.26. The first kappa shape index (κ1) is 10.2. The van der Waals surface area contributed by atoms with Gasteiger partial charge in [-0.25, -0.2) is 0 Å². The van der Waals surface area contributed by atoms with Crippen LogP contribution in [0.2, 0.25) is 0 Å². The monoisotopic (exact) mass is 204 g/mol. The molecule has 0 spiro atoms. The van der Waals surface area contributed by atoms with E-state index in [0.29, 0.717) is 12.5 Å². The van der Waals surface area contributed by atoms with Crippen LogP contribution in [0.4, 0.5) is 0 Å². The Morgan fingerprint density at radius 3 is 3.07 bits per heavy atom. The molecule has 1 amide bonds. The Hall–Kier alpha value is -1.35. The van der Waals surface area contributed by atoms with E-state index in [2.05, 4.69) is 23.5 Å². The number of nitrogens with two attached hydrogens (primary N) is 1. The predicted octanol–water partition coefficient (Wildman–Crippen LogP) is 1.14. The van der Waals surface area contributed by atoms with Crippen molar-refractivity contribution in [3.05, 3.63) is 35.4 Å². The summed E-state index contributed by atoms with van der Waals surface area (Å²) in [7, 11) is 0. The highest BCUT2D eigenvalue weighted by Gasteiger charge is 2.18. The van der Waals surface area contributed by atoms with E-state index in [9.17, 15) is 4.79 Å². The van der Waals surface area contributed by atoms with Crippen molar-refractivity contribution in [1.29, 1.82) is 0 Å². The van der Waals surface area contributed by atoms with Gasteiger partial charge in [0, 0.05) is 12.5 Å². The van der Waals surface area contributed by atoms with Gasteiger partial charge in [-0.3, -0.25) is 4.79 Å². The van der Waals surface area contributed by atoms with Gasteiger partial charge in [0.25, 0.3) is 0 Å². The molecule has 0 saturated carbocycles. The lowest BCUT2D eigenvalue weighted by molar-refractivity contribution is -0.118.